The molecule has 0 bridgehead atoms. The van der Waals surface area contributed by atoms with Gasteiger partial charge in [0.1, 0.15) is 5.41 Å². The third kappa shape index (κ3) is 1.91. The Morgan fingerprint density at radius 3 is 2.21 bits per heavy atom. The molecule has 2 aromatic carbocycles. The van der Waals surface area contributed by atoms with Crippen LogP contribution in [0.1, 0.15) is 24.5 Å². The van der Waals surface area contributed by atoms with E-state index in [2.05, 4.69) is 48.2 Å². The lowest BCUT2D eigenvalue weighted by atomic mass is 9.68. The quantitative estimate of drug-likeness (QED) is 0.811. The Hall–Kier alpha value is -2.13. The van der Waals surface area contributed by atoms with Gasteiger partial charge < -0.3 is 9.64 Å². The number of hydrogen-bond acceptors (Lipinski definition) is 3. The predicted molar refractivity (Wildman–Crippen MR) is 94.9 cm³/mol. The molecule has 124 valence electrons. The van der Waals surface area contributed by atoms with Crippen LogP contribution in [-0.2, 0) is 14.9 Å². The smallest absolute Gasteiger partial charge is 0.321 e. The number of carbonyl (C=O) groups is 1. The second-order valence-electron chi connectivity index (χ2n) is 6.77. The summed E-state index contributed by atoms with van der Waals surface area (Å²) in [5.74, 6) is 0.123. The molecule has 4 rings (SSSR count). The Morgan fingerprint density at radius 2 is 1.71 bits per heavy atom. The lowest BCUT2D eigenvalue weighted by Crippen LogP contribution is -2.44. The number of methoxy groups -OCH3 is 1. The van der Waals surface area contributed by atoms with Gasteiger partial charge in [-0.05, 0) is 47.7 Å². The molecule has 0 saturated carbocycles. The van der Waals surface area contributed by atoms with Crippen molar-refractivity contribution in [2.24, 2.45) is 5.92 Å². The first-order valence-corrected chi connectivity index (χ1v) is 8.73. The standard InChI is InChI=1S/C21H23NO2/c1-3-22-13-12-15(14-22)21(20(23)24-2)18-10-6-4-8-16(18)17-9-5-7-11-19(17)21/h4-11,15H,3,12-14H2,1-2H3/t15-/m1/s1. The molecule has 1 saturated heterocycles. The molecule has 0 unspecified atom stereocenters. The molecule has 0 spiro atoms. The fraction of sp³-hybridized carbons (Fsp3) is 0.381. The van der Waals surface area contributed by atoms with Crippen molar-refractivity contribution in [3.63, 3.8) is 0 Å². The first kappa shape index (κ1) is 15.4. The molecule has 3 heteroatoms. The highest BCUT2D eigenvalue weighted by Crippen LogP contribution is 2.55. The maximum atomic E-state index is 13.2. The van der Waals surface area contributed by atoms with Crippen molar-refractivity contribution in [3.8, 4) is 11.1 Å². The second-order valence-corrected chi connectivity index (χ2v) is 6.77. The zero-order valence-corrected chi connectivity index (χ0v) is 14.3. The second kappa shape index (κ2) is 5.75. The van der Waals surface area contributed by atoms with Gasteiger partial charge in [0.25, 0.3) is 0 Å². The van der Waals surface area contributed by atoms with E-state index in [0.717, 1.165) is 37.2 Å². The summed E-state index contributed by atoms with van der Waals surface area (Å²) < 4.78 is 5.38. The fourth-order valence-corrected chi connectivity index (χ4v) is 4.73. The summed E-state index contributed by atoms with van der Waals surface area (Å²) in [6.07, 6.45) is 1.02. The van der Waals surface area contributed by atoms with Gasteiger partial charge in [0.2, 0.25) is 0 Å². The SMILES string of the molecule is CCN1CC[C@@H](C2(C(=O)OC)c3ccccc3-c3ccccc32)C1. The van der Waals surface area contributed by atoms with Gasteiger partial charge in [-0.15, -0.1) is 0 Å². The number of benzene rings is 2. The third-order valence-corrected chi connectivity index (χ3v) is 5.83. The number of ether oxygens (including phenoxy) is 1. The maximum absolute atomic E-state index is 13.2. The number of fused-ring (bicyclic) bond motifs is 3. The highest BCUT2D eigenvalue weighted by Gasteiger charge is 2.56. The van der Waals surface area contributed by atoms with Crippen molar-refractivity contribution in [1.82, 2.24) is 4.90 Å². The van der Waals surface area contributed by atoms with E-state index in [4.69, 9.17) is 4.74 Å². The number of rotatable bonds is 3. The Bertz CT molecular complexity index is 737. The van der Waals surface area contributed by atoms with Crippen molar-refractivity contribution in [1.29, 1.82) is 0 Å². The molecule has 0 amide bonds. The minimum Gasteiger partial charge on any atom is -0.468 e. The molecular weight excluding hydrogens is 298 g/mol. The van der Waals surface area contributed by atoms with Crippen LogP contribution in [0.2, 0.25) is 0 Å². The van der Waals surface area contributed by atoms with E-state index in [1.165, 1.54) is 18.2 Å². The molecule has 24 heavy (non-hydrogen) atoms. The molecule has 2 aliphatic rings. The van der Waals surface area contributed by atoms with Crippen LogP contribution in [0, 0.1) is 5.92 Å². The van der Waals surface area contributed by atoms with Crippen LogP contribution < -0.4 is 0 Å². The summed E-state index contributed by atoms with van der Waals surface area (Å²) in [6, 6.07) is 16.7. The van der Waals surface area contributed by atoms with Gasteiger partial charge in [-0.25, -0.2) is 0 Å². The lowest BCUT2D eigenvalue weighted by molar-refractivity contribution is -0.147. The number of nitrogens with zero attached hydrogens (tertiary/aromatic N) is 1. The molecule has 1 aliphatic heterocycles. The number of likely N-dealkylation sites (tertiary alicyclic amines) is 1. The summed E-state index contributed by atoms with van der Waals surface area (Å²) in [5.41, 5.74) is 3.90. The zero-order valence-electron chi connectivity index (χ0n) is 14.3. The van der Waals surface area contributed by atoms with E-state index >= 15 is 0 Å². The van der Waals surface area contributed by atoms with Gasteiger partial charge in [0, 0.05) is 6.54 Å². The van der Waals surface area contributed by atoms with Crippen LogP contribution in [0.5, 0.6) is 0 Å². The van der Waals surface area contributed by atoms with Crippen LogP contribution >= 0.6 is 0 Å². The van der Waals surface area contributed by atoms with Crippen molar-refractivity contribution >= 4 is 5.97 Å². The lowest BCUT2D eigenvalue weighted by Gasteiger charge is -2.35. The Balaban J connectivity index is 1.98. The molecule has 1 aliphatic carbocycles. The number of carbonyl (C=O) groups excluding carboxylic acids is 1. The van der Waals surface area contributed by atoms with Gasteiger partial charge in [-0.2, -0.15) is 0 Å². The zero-order chi connectivity index (χ0) is 16.7. The molecule has 3 nitrogen and oxygen atoms in total. The molecule has 0 radical (unpaired) electrons. The minimum atomic E-state index is -0.675. The van der Waals surface area contributed by atoms with Crippen molar-refractivity contribution in [2.45, 2.75) is 18.8 Å². The van der Waals surface area contributed by atoms with Crippen LogP contribution in [0.4, 0.5) is 0 Å². The monoisotopic (exact) mass is 321 g/mol. The number of hydrogen-bond donors (Lipinski definition) is 0. The van der Waals surface area contributed by atoms with Crippen LogP contribution in [0.3, 0.4) is 0 Å². The van der Waals surface area contributed by atoms with E-state index in [0.29, 0.717) is 0 Å². The molecule has 1 heterocycles. The van der Waals surface area contributed by atoms with Crippen LogP contribution in [0.25, 0.3) is 11.1 Å². The minimum absolute atomic E-state index is 0.122. The Labute approximate surface area is 143 Å². The highest BCUT2D eigenvalue weighted by molar-refractivity contribution is 5.98. The van der Waals surface area contributed by atoms with Crippen LogP contribution in [-0.4, -0.2) is 37.6 Å². The summed E-state index contributed by atoms with van der Waals surface area (Å²) >= 11 is 0. The summed E-state index contributed by atoms with van der Waals surface area (Å²) in [4.78, 5) is 15.6. The highest BCUT2D eigenvalue weighted by atomic mass is 16.5. The molecular formula is C21H23NO2. The average molecular weight is 321 g/mol. The normalized spacial score (nSPS) is 21.3. The summed E-state index contributed by atoms with van der Waals surface area (Å²) in [7, 11) is 1.51. The van der Waals surface area contributed by atoms with E-state index in [1.54, 1.807) is 0 Å². The van der Waals surface area contributed by atoms with E-state index in [9.17, 15) is 4.79 Å². The van der Waals surface area contributed by atoms with Gasteiger partial charge in [0.15, 0.2) is 0 Å². The van der Waals surface area contributed by atoms with Crippen molar-refractivity contribution in [2.75, 3.05) is 26.7 Å². The van der Waals surface area contributed by atoms with Gasteiger partial charge in [0.05, 0.1) is 7.11 Å². The number of esters is 1. The van der Waals surface area contributed by atoms with E-state index in [-0.39, 0.29) is 11.9 Å². The Kier molecular flexibility index (Phi) is 3.69. The van der Waals surface area contributed by atoms with Gasteiger partial charge >= 0.3 is 5.97 Å². The van der Waals surface area contributed by atoms with Crippen molar-refractivity contribution in [3.05, 3.63) is 59.7 Å². The fourth-order valence-electron chi connectivity index (χ4n) is 4.73. The molecule has 1 fully saturated rings. The molecule has 0 aromatic heterocycles. The average Bonchev–Trinajstić information content (AvgIpc) is 3.22. The molecule has 0 N–H and O–H groups in total. The summed E-state index contributed by atoms with van der Waals surface area (Å²) in [5, 5.41) is 0. The third-order valence-electron chi connectivity index (χ3n) is 5.83. The maximum Gasteiger partial charge on any atom is 0.321 e. The predicted octanol–water partition coefficient (Wildman–Crippen LogP) is 3.47. The van der Waals surface area contributed by atoms with E-state index in [1.807, 2.05) is 12.1 Å². The van der Waals surface area contributed by atoms with Crippen LogP contribution in [0.15, 0.2) is 48.5 Å². The Morgan fingerprint density at radius 1 is 1.12 bits per heavy atom. The van der Waals surface area contributed by atoms with Gasteiger partial charge in [-0.1, -0.05) is 55.5 Å². The molecule has 2 aromatic rings. The summed E-state index contributed by atoms with van der Waals surface area (Å²) in [6.45, 7) is 5.19. The molecule has 1 atom stereocenters. The first-order valence-electron chi connectivity index (χ1n) is 8.73. The first-order chi connectivity index (χ1) is 11.7. The van der Waals surface area contributed by atoms with Crippen molar-refractivity contribution < 1.29 is 9.53 Å². The van der Waals surface area contributed by atoms with Gasteiger partial charge in [-0.3, -0.25) is 4.79 Å². The topological polar surface area (TPSA) is 29.5 Å². The largest absolute Gasteiger partial charge is 0.468 e. The van der Waals surface area contributed by atoms with E-state index < -0.39 is 5.41 Å².